The van der Waals surface area contributed by atoms with E-state index in [0.717, 1.165) is 33.8 Å². The van der Waals surface area contributed by atoms with Crippen LogP contribution in [0.1, 0.15) is 23.6 Å². The number of halogens is 1. The second-order valence-electron chi connectivity index (χ2n) is 7.30. The predicted molar refractivity (Wildman–Crippen MR) is 132 cm³/mol. The minimum Gasteiger partial charge on any atom is -0.496 e. The molecule has 2 aromatic carbocycles. The third-order valence-corrected chi connectivity index (χ3v) is 6.15. The molecule has 0 atom stereocenters. The molecule has 4 N–H and O–H groups in total. The Morgan fingerprint density at radius 1 is 1.00 bits per heavy atom. The molecule has 176 valence electrons. The number of hydrogen-bond acceptors (Lipinski definition) is 7. The van der Waals surface area contributed by atoms with Crippen molar-refractivity contribution in [2.75, 3.05) is 24.3 Å². The van der Waals surface area contributed by atoms with Gasteiger partial charge in [-0.25, -0.2) is 9.71 Å². The molecule has 0 saturated carbocycles. The van der Waals surface area contributed by atoms with Crippen LogP contribution < -0.4 is 24.8 Å². The lowest BCUT2D eigenvalue weighted by molar-refractivity contribution is 0.408. The van der Waals surface area contributed by atoms with Gasteiger partial charge in [-0.05, 0) is 54.8 Å². The SMILES string of the molecule is CCNS(=O)(=O)NCc1ccc(Nc2nc(Nc3cc(C)c(OC)c(C)c3)ncc2Cl)cc1. The van der Waals surface area contributed by atoms with Gasteiger partial charge in [-0.15, -0.1) is 0 Å². The van der Waals surface area contributed by atoms with Gasteiger partial charge in [0.25, 0.3) is 10.2 Å². The van der Waals surface area contributed by atoms with Crippen molar-refractivity contribution in [1.29, 1.82) is 0 Å². The monoisotopic (exact) mass is 490 g/mol. The molecule has 0 amide bonds. The third kappa shape index (κ3) is 6.78. The summed E-state index contributed by atoms with van der Waals surface area (Å²) in [5.41, 5.74) is 4.39. The zero-order valence-electron chi connectivity index (χ0n) is 18.9. The first-order valence-corrected chi connectivity index (χ1v) is 12.1. The molecule has 0 aliphatic heterocycles. The highest BCUT2D eigenvalue weighted by Gasteiger charge is 2.10. The van der Waals surface area contributed by atoms with E-state index in [2.05, 4.69) is 30.0 Å². The van der Waals surface area contributed by atoms with Crippen LogP contribution in [0.5, 0.6) is 5.75 Å². The fourth-order valence-electron chi connectivity index (χ4n) is 3.25. The summed E-state index contributed by atoms with van der Waals surface area (Å²) >= 11 is 6.28. The van der Waals surface area contributed by atoms with E-state index in [4.69, 9.17) is 16.3 Å². The molecule has 0 saturated heterocycles. The number of rotatable bonds is 10. The molecule has 0 radical (unpaired) electrons. The van der Waals surface area contributed by atoms with Crippen LogP contribution in [-0.2, 0) is 16.8 Å². The summed E-state index contributed by atoms with van der Waals surface area (Å²) in [5, 5.41) is 6.72. The van der Waals surface area contributed by atoms with E-state index in [0.29, 0.717) is 23.3 Å². The molecule has 0 unspecified atom stereocenters. The van der Waals surface area contributed by atoms with E-state index in [1.165, 1.54) is 6.20 Å². The fraction of sp³-hybridized carbons (Fsp3) is 0.273. The quantitative estimate of drug-likeness (QED) is 0.336. The second kappa shape index (κ2) is 10.8. The highest BCUT2D eigenvalue weighted by molar-refractivity contribution is 7.87. The number of hydrogen-bond donors (Lipinski definition) is 4. The van der Waals surface area contributed by atoms with Gasteiger partial charge in [0.05, 0.1) is 13.3 Å². The van der Waals surface area contributed by atoms with Crippen molar-refractivity contribution in [3.63, 3.8) is 0 Å². The van der Waals surface area contributed by atoms with E-state index in [9.17, 15) is 8.42 Å². The average Bonchev–Trinajstić information content (AvgIpc) is 2.75. The highest BCUT2D eigenvalue weighted by atomic mass is 35.5. The summed E-state index contributed by atoms with van der Waals surface area (Å²) in [6, 6.07) is 11.2. The molecular weight excluding hydrogens is 464 g/mol. The number of ether oxygens (including phenoxy) is 1. The maximum Gasteiger partial charge on any atom is 0.277 e. The number of benzene rings is 2. The Balaban J connectivity index is 1.70. The Hall–Kier alpha value is -2.92. The van der Waals surface area contributed by atoms with Crippen molar-refractivity contribution in [1.82, 2.24) is 19.4 Å². The Morgan fingerprint density at radius 3 is 2.27 bits per heavy atom. The first-order chi connectivity index (χ1) is 15.7. The molecule has 0 spiro atoms. The Bertz CT molecular complexity index is 1200. The van der Waals surface area contributed by atoms with Crippen LogP contribution in [0.15, 0.2) is 42.6 Å². The molecule has 1 aromatic heterocycles. The molecule has 0 aliphatic carbocycles. The van der Waals surface area contributed by atoms with Crippen molar-refractivity contribution >= 4 is 45.0 Å². The van der Waals surface area contributed by atoms with Gasteiger partial charge in [0.15, 0.2) is 5.82 Å². The molecule has 33 heavy (non-hydrogen) atoms. The fourth-order valence-corrected chi connectivity index (χ4v) is 4.23. The summed E-state index contributed by atoms with van der Waals surface area (Å²) < 4.78 is 33.7. The number of methoxy groups -OCH3 is 1. The van der Waals surface area contributed by atoms with Gasteiger partial charge in [-0.1, -0.05) is 30.7 Å². The lowest BCUT2D eigenvalue weighted by Gasteiger charge is -2.13. The van der Waals surface area contributed by atoms with Gasteiger partial charge in [0, 0.05) is 24.5 Å². The molecule has 0 fully saturated rings. The molecule has 11 heteroatoms. The smallest absolute Gasteiger partial charge is 0.277 e. The van der Waals surface area contributed by atoms with Gasteiger partial charge >= 0.3 is 0 Å². The summed E-state index contributed by atoms with van der Waals surface area (Å²) in [5.74, 6) is 1.68. The van der Waals surface area contributed by atoms with Gasteiger partial charge in [0.2, 0.25) is 5.95 Å². The van der Waals surface area contributed by atoms with Gasteiger partial charge in [-0.2, -0.15) is 18.1 Å². The Kier molecular flexibility index (Phi) is 8.09. The molecule has 3 rings (SSSR count). The van der Waals surface area contributed by atoms with Crippen molar-refractivity contribution in [2.24, 2.45) is 0 Å². The van der Waals surface area contributed by atoms with Crippen LogP contribution in [0.2, 0.25) is 5.02 Å². The maximum atomic E-state index is 11.7. The van der Waals surface area contributed by atoms with E-state index in [-0.39, 0.29) is 6.54 Å². The first-order valence-electron chi connectivity index (χ1n) is 10.3. The lowest BCUT2D eigenvalue weighted by atomic mass is 10.1. The maximum absolute atomic E-state index is 11.7. The van der Waals surface area contributed by atoms with Crippen LogP contribution in [0.3, 0.4) is 0 Å². The average molecular weight is 491 g/mol. The van der Waals surface area contributed by atoms with Gasteiger partial charge in [0.1, 0.15) is 10.8 Å². The van der Waals surface area contributed by atoms with Crippen molar-refractivity contribution < 1.29 is 13.2 Å². The zero-order valence-corrected chi connectivity index (χ0v) is 20.4. The number of anilines is 4. The molecule has 9 nitrogen and oxygen atoms in total. The predicted octanol–water partition coefficient (Wildman–Crippen LogP) is 4.19. The summed E-state index contributed by atoms with van der Waals surface area (Å²) in [6.07, 6.45) is 1.52. The van der Waals surface area contributed by atoms with Gasteiger partial charge in [-0.3, -0.25) is 0 Å². The topological polar surface area (TPSA) is 117 Å². The molecule has 0 bridgehead atoms. The second-order valence-corrected chi connectivity index (χ2v) is 9.29. The number of aromatic nitrogens is 2. The molecule has 0 aliphatic rings. The Morgan fingerprint density at radius 2 is 1.67 bits per heavy atom. The normalized spacial score (nSPS) is 11.3. The van der Waals surface area contributed by atoms with Crippen LogP contribution in [0.25, 0.3) is 0 Å². The Labute approximate surface area is 199 Å². The molecule has 1 heterocycles. The van der Waals surface area contributed by atoms with Crippen molar-refractivity contribution in [3.05, 3.63) is 64.3 Å². The number of nitrogens with one attached hydrogen (secondary N) is 4. The van der Waals surface area contributed by atoms with Crippen LogP contribution in [0, 0.1) is 13.8 Å². The van der Waals surface area contributed by atoms with Crippen molar-refractivity contribution in [3.8, 4) is 5.75 Å². The van der Waals surface area contributed by atoms with Crippen LogP contribution in [-0.4, -0.2) is 32.0 Å². The minimum absolute atomic E-state index is 0.179. The third-order valence-electron chi connectivity index (χ3n) is 4.68. The van der Waals surface area contributed by atoms with E-state index < -0.39 is 10.2 Å². The molecule has 3 aromatic rings. The highest BCUT2D eigenvalue weighted by Crippen LogP contribution is 2.29. The standard InChI is InChI=1S/C22H27ClN6O3S/c1-5-25-33(30,31)26-12-16-6-8-17(9-7-16)27-21-19(23)13-24-22(29-21)28-18-10-14(2)20(32-4)15(3)11-18/h6-11,13,25-26H,5,12H2,1-4H3,(H2,24,27,28,29). The number of aryl methyl sites for hydroxylation is 2. The lowest BCUT2D eigenvalue weighted by Crippen LogP contribution is -2.35. The van der Waals surface area contributed by atoms with E-state index in [1.807, 2.05) is 50.2 Å². The van der Waals surface area contributed by atoms with E-state index in [1.54, 1.807) is 14.0 Å². The van der Waals surface area contributed by atoms with E-state index >= 15 is 0 Å². The van der Waals surface area contributed by atoms with Crippen LogP contribution in [0.4, 0.5) is 23.1 Å². The van der Waals surface area contributed by atoms with Crippen LogP contribution >= 0.6 is 11.6 Å². The zero-order chi connectivity index (χ0) is 24.0. The minimum atomic E-state index is -3.50. The number of nitrogens with zero attached hydrogens (tertiary/aromatic N) is 2. The summed E-state index contributed by atoms with van der Waals surface area (Å²) in [4.78, 5) is 8.74. The largest absolute Gasteiger partial charge is 0.496 e. The van der Waals surface area contributed by atoms with Crippen molar-refractivity contribution in [2.45, 2.75) is 27.3 Å². The first kappa shape index (κ1) is 24.7. The van der Waals surface area contributed by atoms with Gasteiger partial charge < -0.3 is 15.4 Å². The summed E-state index contributed by atoms with van der Waals surface area (Å²) in [7, 11) is -1.85. The molecular formula is C22H27ClN6O3S. The summed E-state index contributed by atoms with van der Waals surface area (Å²) in [6.45, 7) is 6.17.